The number of methoxy groups -OCH3 is 1. The minimum atomic E-state index is 0.702. The average molecular weight is 259 g/mol. The molecule has 0 aromatic carbocycles. The molecule has 6 heteroatoms. The molecule has 0 bridgehead atoms. The predicted molar refractivity (Wildman–Crippen MR) is 70.9 cm³/mol. The summed E-state index contributed by atoms with van der Waals surface area (Å²) >= 11 is 6.79. The van der Waals surface area contributed by atoms with Crippen molar-refractivity contribution < 1.29 is 4.74 Å². The molecule has 0 fully saturated rings. The molecule has 4 nitrogen and oxygen atoms in total. The fraction of sp³-hybridized carbons (Fsp3) is 0.600. The minimum absolute atomic E-state index is 0.702. The first kappa shape index (κ1) is 13.3. The SMILES string of the molecule is COCCCNC(=S)NCCc1nccs1. The molecular formula is C10H17N3OS2. The van der Waals surface area contributed by atoms with Crippen LogP contribution < -0.4 is 10.6 Å². The van der Waals surface area contributed by atoms with Crippen LogP contribution >= 0.6 is 23.6 Å². The van der Waals surface area contributed by atoms with Gasteiger partial charge in [0.05, 0.1) is 5.01 Å². The largest absolute Gasteiger partial charge is 0.385 e. The van der Waals surface area contributed by atoms with Gasteiger partial charge in [-0.25, -0.2) is 4.98 Å². The van der Waals surface area contributed by atoms with Crippen LogP contribution in [0.25, 0.3) is 0 Å². The Morgan fingerprint density at radius 1 is 1.50 bits per heavy atom. The van der Waals surface area contributed by atoms with Crippen LogP contribution in [0.2, 0.25) is 0 Å². The van der Waals surface area contributed by atoms with Gasteiger partial charge in [0.2, 0.25) is 0 Å². The maximum Gasteiger partial charge on any atom is 0.166 e. The number of thiazole rings is 1. The number of nitrogens with one attached hydrogen (secondary N) is 2. The Kier molecular flexibility index (Phi) is 7.03. The van der Waals surface area contributed by atoms with Crippen LogP contribution in [0.5, 0.6) is 0 Å². The molecule has 90 valence electrons. The lowest BCUT2D eigenvalue weighted by atomic mass is 10.4. The molecule has 2 N–H and O–H groups in total. The Hall–Kier alpha value is -0.720. The van der Waals surface area contributed by atoms with Gasteiger partial charge in [-0.1, -0.05) is 0 Å². The second kappa shape index (κ2) is 8.43. The molecule has 0 amide bonds. The minimum Gasteiger partial charge on any atom is -0.385 e. The van der Waals surface area contributed by atoms with Gasteiger partial charge in [-0.05, 0) is 18.6 Å². The summed E-state index contributed by atoms with van der Waals surface area (Å²) < 4.78 is 4.94. The zero-order valence-electron chi connectivity index (χ0n) is 9.36. The Bertz CT molecular complexity index is 290. The highest BCUT2D eigenvalue weighted by molar-refractivity contribution is 7.80. The highest BCUT2D eigenvalue weighted by Crippen LogP contribution is 2.03. The Balaban J connectivity index is 1.98. The first-order valence-electron chi connectivity index (χ1n) is 5.22. The van der Waals surface area contributed by atoms with Gasteiger partial charge in [-0.2, -0.15) is 0 Å². The zero-order valence-corrected chi connectivity index (χ0v) is 11.0. The van der Waals surface area contributed by atoms with Crippen LogP contribution in [0.3, 0.4) is 0 Å². The van der Waals surface area contributed by atoms with Crippen LogP contribution in [0.4, 0.5) is 0 Å². The number of hydrogen-bond acceptors (Lipinski definition) is 4. The van der Waals surface area contributed by atoms with Crippen LogP contribution in [-0.4, -0.2) is 36.9 Å². The van der Waals surface area contributed by atoms with Crippen molar-refractivity contribution in [3.63, 3.8) is 0 Å². The van der Waals surface area contributed by atoms with E-state index in [1.54, 1.807) is 18.4 Å². The van der Waals surface area contributed by atoms with E-state index in [4.69, 9.17) is 17.0 Å². The summed E-state index contributed by atoms with van der Waals surface area (Å²) in [6, 6.07) is 0. The number of thiocarbonyl (C=S) groups is 1. The quantitative estimate of drug-likeness (QED) is 0.569. The number of rotatable bonds is 7. The van der Waals surface area contributed by atoms with E-state index in [0.717, 1.165) is 37.5 Å². The maximum atomic E-state index is 5.12. The molecule has 0 aliphatic carbocycles. The summed E-state index contributed by atoms with van der Waals surface area (Å²) in [5, 5.41) is 10.1. The van der Waals surface area contributed by atoms with E-state index in [2.05, 4.69) is 15.6 Å². The summed E-state index contributed by atoms with van der Waals surface area (Å²) in [6.07, 6.45) is 3.70. The number of hydrogen-bond donors (Lipinski definition) is 2. The molecule has 0 atom stereocenters. The van der Waals surface area contributed by atoms with Gasteiger partial charge in [0.1, 0.15) is 0 Å². The number of aromatic nitrogens is 1. The van der Waals surface area contributed by atoms with Gasteiger partial charge in [-0.15, -0.1) is 11.3 Å². The highest BCUT2D eigenvalue weighted by Gasteiger charge is 1.97. The van der Waals surface area contributed by atoms with Crippen molar-refractivity contribution in [2.45, 2.75) is 12.8 Å². The lowest BCUT2D eigenvalue weighted by Crippen LogP contribution is -2.37. The van der Waals surface area contributed by atoms with E-state index in [9.17, 15) is 0 Å². The van der Waals surface area contributed by atoms with Crippen LogP contribution in [0.15, 0.2) is 11.6 Å². The maximum absolute atomic E-state index is 5.12. The van der Waals surface area contributed by atoms with Gasteiger partial charge < -0.3 is 15.4 Å². The van der Waals surface area contributed by atoms with E-state index >= 15 is 0 Å². The Labute approximate surface area is 105 Å². The van der Waals surface area contributed by atoms with Crippen molar-refractivity contribution in [3.05, 3.63) is 16.6 Å². The molecule has 0 unspecified atom stereocenters. The molecule has 0 saturated heterocycles. The topological polar surface area (TPSA) is 46.2 Å². The lowest BCUT2D eigenvalue weighted by Gasteiger charge is -2.09. The smallest absolute Gasteiger partial charge is 0.166 e. The van der Waals surface area contributed by atoms with E-state index < -0.39 is 0 Å². The molecule has 1 heterocycles. The number of ether oxygens (including phenoxy) is 1. The summed E-state index contributed by atoms with van der Waals surface area (Å²) in [4.78, 5) is 4.20. The fourth-order valence-corrected chi connectivity index (χ4v) is 1.96. The van der Waals surface area contributed by atoms with Gasteiger partial charge in [0.15, 0.2) is 5.11 Å². The first-order valence-corrected chi connectivity index (χ1v) is 6.50. The van der Waals surface area contributed by atoms with Gasteiger partial charge in [-0.3, -0.25) is 0 Å². The monoisotopic (exact) mass is 259 g/mol. The molecule has 0 spiro atoms. The summed E-state index contributed by atoms with van der Waals surface area (Å²) in [5.41, 5.74) is 0. The third-order valence-electron chi connectivity index (χ3n) is 1.92. The van der Waals surface area contributed by atoms with Crippen molar-refractivity contribution in [2.75, 3.05) is 26.8 Å². The van der Waals surface area contributed by atoms with Gasteiger partial charge in [0.25, 0.3) is 0 Å². The standard InChI is InChI=1S/C10H17N3OS2/c1-14-7-2-4-12-10(15)13-5-3-9-11-6-8-16-9/h6,8H,2-5,7H2,1H3,(H2,12,13,15). The van der Waals surface area contributed by atoms with Crippen LogP contribution in [0.1, 0.15) is 11.4 Å². The summed E-state index contributed by atoms with van der Waals surface area (Å²) in [7, 11) is 1.70. The first-order chi connectivity index (χ1) is 7.83. The third-order valence-corrected chi connectivity index (χ3v) is 3.05. The molecule has 0 saturated carbocycles. The second-order valence-corrected chi connectivity index (χ2v) is 4.59. The van der Waals surface area contributed by atoms with Crippen molar-refractivity contribution in [1.82, 2.24) is 15.6 Å². The van der Waals surface area contributed by atoms with E-state index in [1.165, 1.54) is 0 Å². The Morgan fingerprint density at radius 2 is 2.31 bits per heavy atom. The Morgan fingerprint density at radius 3 is 3.00 bits per heavy atom. The van der Waals surface area contributed by atoms with Gasteiger partial charge in [0, 0.05) is 44.8 Å². The lowest BCUT2D eigenvalue weighted by molar-refractivity contribution is 0.195. The highest BCUT2D eigenvalue weighted by atomic mass is 32.1. The predicted octanol–water partition coefficient (Wildman–Crippen LogP) is 1.19. The van der Waals surface area contributed by atoms with E-state index in [0.29, 0.717) is 5.11 Å². The molecule has 0 radical (unpaired) electrons. The van der Waals surface area contributed by atoms with Crippen LogP contribution in [0, 0.1) is 0 Å². The molecule has 1 rings (SSSR count). The van der Waals surface area contributed by atoms with Crippen molar-refractivity contribution >= 4 is 28.7 Å². The zero-order chi connectivity index (χ0) is 11.6. The molecule has 1 aromatic heterocycles. The fourth-order valence-electron chi connectivity index (χ4n) is 1.14. The van der Waals surface area contributed by atoms with Crippen molar-refractivity contribution in [1.29, 1.82) is 0 Å². The summed E-state index contributed by atoms with van der Waals surface area (Å²) in [5.74, 6) is 0. The van der Waals surface area contributed by atoms with Crippen molar-refractivity contribution in [2.24, 2.45) is 0 Å². The third kappa shape index (κ3) is 5.99. The summed E-state index contributed by atoms with van der Waals surface area (Å²) in [6.45, 7) is 2.43. The normalized spacial score (nSPS) is 10.1. The molecular weight excluding hydrogens is 242 g/mol. The molecule has 1 aromatic rings. The average Bonchev–Trinajstić information content (AvgIpc) is 2.77. The molecule has 16 heavy (non-hydrogen) atoms. The van der Waals surface area contributed by atoms with Crippen LogP contribution in [-0.2, 0) is 11.2 Å². The molecule has 0 aliphatic heterocycles. The molecule has 0 aliphatic rings. The van der Waals surface area contributed by atoms with E-state index in [-0.39, 0.29) is 0 Å². The van der Waals surface area contributed by atoms with Gasteiger partial charge >= 0.3 is 0 Å². The second-order valence-electron chi connectivity index (χ2n) is 3.20. The number of nitrogens with zero attached hydrogens (tertiary/aromatic N) is 1. The van der Waals surface area contributed by atoms with E-state index in [1.807, 2.05) is 11.6 Å². The van der Waals surface area contributed by atoms with Crippen molar-refractivity contribution in [3.8, 4) is 0 Å².